The number of hydrogen-bond donors (Lipinski definition) is 0. The molecule has 0 unspecified atom stereocenters. The Hall–Kier alpha value is -3.97. The van der Waals surface area contributed by atoms with Crippen LogP contribution in [0.15, 0.2) is 58.6 Å². The lowest BCUT2D eigenvalue weighted by Gasteiger charge is -2.01. The molecule has 0 aliphatic carbocycles. The maximum atomic E-state index is 14.1. The minimum absolute atomic E-state index is 0.0469. The van der Waals surface area contributed by atoms with Gasteiger partial charge in [-0.15, -0.1) is 0 Å². The Morgan fingerprint density at radius 2 is 1.92 bits per heavy atom. The van der Waals surface area contributed by atoms with Gasteiger partial charge in [-0.3, -0.25) is 0 Å². The number of benzene rings is 2. The van der Waals surface area contributed by atoms with Crippen LogP contribution >= 0.6 is 0 Å². The Bertz CT molecular complexity index is 1010. The van der Waals surface area contributed by atoms with Gasteiger partial charge in [-0.05, 0) is 35.9 Å². The van der Waals surface area contributed by atoms with Gasteiger partial charge < -0.3 is 9.26 Å². The number of halogens is 1. The Morgan fingerprint density at radius 1 is 1.15 bits per heavy atom. The Labute approximate surface area is 148 Å². The van der Waals surface area contributed by atoms with E-state index in [1.165, 1.54) is 24.3 Å². The topological polar surface area (TPSA) is 95.7 Å². The van der Waals surface area contributed by atoms with Crippen molar-refractivity contribution in [2.24, 2.45) is 0 Å². The van der Waals surface area contributed by atoms with Crippen molar-refractivity contribution < 1.29 is 13.7 Å². The number of nitrogens with zero attached hydrogens (tertiary/aromatic N) is 4. The van der Waals surface area contributed by atoms with Gasteiger partial charge in [-0.1, -0.05) is 29.4 Å². The lowest BCUT2D eigenvalue weighted by Crippen LogP contribution is -1.95. The van der Waals surface area contributed by atoms with Crippen LogP contribution in [0.4, 0.5) is 4.39 Å². The van der Waals surface area contributed by atoms with Gasteiger partial charge in [-0.2, -0.15) is 15.5 Å². The number of ether oxygens (including phenoxy) is 1. The zero-order chi connectivity index (χ0) is 18.4. The number of para-hydroxylation sites is 1. The molecule has 7 heteroatoms. The molecule has 3 rings (SSSR count). The molecule has 0 aliphatic heterocycles. The predicted octanol–water partition coefficient (Wildman–Crippen LogP) is 3.89. The summed E-state index contributed by atoms with van der Waals surface area (Å²) in [5, 5.41) is 21.4. The highest BCUT2D eigenvalue weighted by Gasteiger charge is 2.14. The summed E-state index contributed by atoms with van der Waals surface area (Å²) in [4.78, 5) is 4.12. The third kappa shape index (κ3) is 3.92. The number of allylic oxidation sites excluding steroid dienone is 1. The molecule has 26 heavy (non-hydrogen) atoms. The van der Waals surface area contributed by atoms with E-state index in [0.29, 0.717) is 11.3 Å². The first-order valence-electron chi connectivity index (χ1n) is 7.52. The van der Waals surface area contributed by atoms with E-state index in [9.17, 15) is 4.39 Å². The van der Waals surface area contributed by atoms with Crippen LogP contribution in [0, 0.1) is 28.5 Å². The summed E-state index contributed by atoms with van der Waals surface area (Å²) in [6.45, 7) is 0.0469. The quantitative estimate of drug-likeness (QED) is 0.650. The van der Waals surface area contributed by atoms with E-state index < -0.39 is 5.82 Å². The molecule has 0 radical (unpaired) electrons. The van der Waals surface area contributed by atoms with Gasteiger partial charge in [0.05, 0.1) is 5.56 Å². The predicted molar refractivity (Wildman–Crippen MR) is 89.7 cm³/mol. The van der Waals surface area contributed by atoms with Crippen molar-refractivity contribution in [3.63, 3.8) is 0 Å². The molecule has 3 aromatic rings. The Balaban J connectivity index is 1.81. The first-order chi connectivity index (χ1) is 12.7. The molecule has 0 N–H and O–H groups in total. The summed E-state index contributed by atoms with van der Waals surface area (Å²) in [5.41, 5.74) is 0.489. The van der Waals surface area contributed by atoms with Crippen molar-refractivity contribution in [3.05, 3.63) is 71.4 Å². The van der Waals surface area contributed by atoms with Gasteiger partial charge in [0, 0.05) is 0 Å². The number of aromatic nitrogens is 2. The molecule has 2 aromatic carbocycles. The molecule has 126 valence electrons. The van der Waals surface area contributed by atoms with E-state index in [0.717, 1.165) is 0 Å². The van der Waals surface area contributed by atoms with E-state index >= 15 is 0 Å². The molecule has 0 saturated heterocycles. The van der Waals surface area contributed by atoms with Gasteiger partial charge in [0.15, 0.2) is 6.61 Å². The highest BCUT2D eigenvalue weighted by atomic mass is 19.1. The zero-order valence-electron chi connectivity index (χ0n) is 13.4. The average Bonchev–Trinajstić information content (AvgIpc) is 3.15. The van der Waals surface area contributed by atoms with Crippen LogP contribution in [0.5, 0.6) is 5.75 Å². The Kier molecular flexibility index (Phi) is 5.02. The molecule has 0 bridgehead atoms. The maximum absolute atomic E-state index is 14.1. The minimum Gasteiger partial charge on any atom is -0.484 e. The van der Waals surface area contributed by atoms with Crippen molar-refractivity contribution in [3.8, 4) is 29.3 Å². The van der Waals surface area contributed by atoms with Crippen molar-refractivity contribution >= 4 is 6.08 Å². The minimum atomic E-state index is -0.547. The molecule has 6 nitrogen and oxygen atoms in total. The SMILES string of the molecule is N#CC(C#N)=Cc1ccc(F)c(-c2noc(COc3ccccc3)n2)c1. The second-order valence-electron chi connectivity index (χ2n) is 5.13. The fraction of sp³-hybridized carbons (Fsp3) is 0.0526. The van der Waals surface area contributed by atoms with Gasteiger partial charge >= 0.3 is 0 Å². The van der Waals surface area contributed by atoms with Crippen LogP contribution in [-0.2, 0) is 6.61 Å². The number of hydrogen-bond acceptors (Lipinski definition) is 6. The fourth-order valence-electron chi connectivity index (χ4n) is 2.14. The summed E-state index contributed by atoms with van der Waals surface area (Å²) >= 11 is 0. The third-order valence-electron chi connectivity index (χ3n) is 3.36. The van der Waals surface area contributed by atoms with Gasteiger partial charge in [-0.25, -0.2) is 4.39 Å². The largest absolute Gasteiger partial charge is 0.484 e. The van der Waals surface area contributed by atoms with Gasteiger partial charge in [0.25, 0.3) is 5.89 Å². The molecule has 1 heterocycles. The van der Waals surface area contributed by atoms with E-state index in [1.54, 1.807) is 24.3 Å². The van der Waals surface area contributed by atoms with E-state index in [4.69, 9.17) is 19.8 Å². The van der Waals surface area contributed by atoms with E-state index in [1.807, 2.05) is 18.2 Å². The zero-order valence-corrected chi connectivity index (χ0v) is 13.4. The molecular weight excluding hydrogens is 335 g/mol. The monoisotopic (exact) mass is 346 g/mol. The molecule has 0 fully saturated rings. The fourth-order valence-corrected chi connectivity index (χ4v) is 2.14. The van der Waals surface area contributed by atoms with Crippen LogP contribution in [0.1, 0.15) is 11.5 Å². The number of rotatable bonds is 5. The van der Waals surface area contributed by atoms with Crippen LogP contribution in [0.2, 0.25) is 0 Å². The second-order valence-corrected chi connectivity index (χ2v) is 5.13. The lowest BCUT2D eigenvalue weighted by atomic mass is 10.1. The smallest absolute Gasteiger partial charge is 0.264 e. The highest BCUT2D eigenvalue weighted by molar-refractivity contribution is 5.67. The molecule has 0 atom stereocenters. The van der Waals surface area contributed by atoms with Crippen LogP contribution in [0.3, 0.4) is 0 Å². The second kappa shape index (κ2) is 7.73. The summed E-state index contributed by atoms with van der Waals surface area (Å²) < 4.78 is 24.7. The summed E-state index contributed by atoms with van der Waals surface area (Å²) in [5.74, 6) is 0.346. The van der Waals surface area contributed by atoms with Crippen LogP contribution in [0.25, 0.3) is 17.5 Å². The summed E-state index contributed by atoms with van der Waals surface area (Å²) in [7, 11) is 0. The molecule has 0 spiro atoms. The van der Waals surface area contributed by atoms with Gasteiger partial charge in [0.1, 0.15) is 29.3 Å². The summed E-state index contributed by atoms with van der Waals surface area (Å²) in [6.07, 6.45) is 1.35. The van der Waals surface area contributed by atoms with Crippen LogP contribution in [-0.4, -0.2) is 10.1 Å². The van der Waals surface area contributed by atoms with Crippen molar-refractivity contribution in [2.45, 2.75) is 6.61 Å². The standard InChI is InChI=1S/C19H11FN4O2/c20-17-7-6-13(8-14(10-21)11-22)9-16(17)19-23-18(26-24-19)12-25-15-4-2-1-3-5-15/h1-9H,12H2. The normalized spacial score (nSPS) is 9.81. The Morgan fingerprint density at radius 3 is 2.65 bits per heavy atom. The molecule has 0 aliphatic rings. The summed E-state index contributed by atoms with van der Waals surface area (Å²) in [6, 6.07) is 16.7. The lowest BCUT2D eigenvalue weighted by molar-refractivity contribution is 0.243. The number of nitriles is 2. The first kappa shape index (κ1) is 16.9. The molecular formula is C19H11FN4O2. The molecule has 0 saturated carbocycles. The average molecular weight is 346 g/mol. The van der Waals surface area contributed by atoms with Crippen molar-refractivity contribution in [1.29, 1.82) is 10.5 Å². The molecule has 0 amide bonds. The van der Waals surface area contributed by atoms with E-state index in [-0.39, 0.29) is 29.5 Å². The highest BCUT2D eigenvalue weighted by Crippen LogP contribution is 2.23. The first-order valence-corrected chi connectivity index (χ1v) is 7.52. The van der Waals surface area contributed by atoms with Crippen molar-refractivity contribution in [1.82, 2.24) is 10.1 Å². The third-order valence-corrected chi connectivity index (χ3v) is 3.36. The maximum Gasteiger partial charge on any atom is 0.264 e. The molecule has 1 aromatic heterocycles. The van der Waals surface area contributed by atoms with Crippen LogP contribution < -0.4 is 4.74 Å². The van der Waals surface area contributed by atoms with E-state index in [2.05, 4.69) is 10.1 Å². The van der Waals surface area contributed by atoms with Gasteiger partial charge in [0.2, 0.25) is 5.82 Å². The van der Waals surface area contributed by atoms with Crippen molar-refractivity contribution in [2.75, 3.05) is 0 Å².